The molecule has 8 heteroatoms. The first-order valence-electron chi connectivity index (χ1n) is 11.1. The van der Waals surface area contributed by atoms with Crippen LogP contribution in [0, 0.1) is 0 Å². The van der Waals surface area contributed by atoms with Crippen LogP contribution in [0.15, 0.2) is 42.5 Å². The summed E-state index contributed by atoms with van der Waals surface area (Å²) >= 11 is 11.2. The van der Waals surface area contributed by atoms with Crippen LogP contribution in [0.4, 0.5) is 5.69 Å². The monoisotopic (exact) mass is 470 g/mol. The molecule has 32 heavy (non-hydrogen) atoms. The van der Waals surface area contributed by atoms with Crippen LogP contribution in [-0.4, -0.2) is 53.8 Å². The van der Waals surface area contributed by atoms with E-state index >= 15 is 0 Å². The molecule has 0 aromatic heterocycles. The summed E-state index contributed by atoms with van der Waals surface area (Å²) < 4.78 is 0. The lowest BCUT2D eigenvalue weighted by atomic mass is 10.0. The maximum Gasteiger partial charge on any atom is 0.243 e. The minimum Gasteiger partial charge on any atom is -0.368 e. The molecule has 2 aromatic rings. The van der Waals surface area contributed by atoms with E-state index in [1.54, 1.807) is 0 Å². The topological polar surface area (TPSA) is 55.9 Å². The number of thiol groups is 1. The van der Waals surface area contributed by atoms with E-state index in [2.05, 4.69) is 44.3 Å². The number of hydrogen-bond donors (Lipinski definition) is 2. The van der Waals surface area contributed by atoms with Crippen LogP contribution in [0.25, 0.3) is 0 Å². The first-order valence-corrected chi connectivity index (χ1v) is 12.0. The SMILES string of the molecule is O=C1CCC(N2Cc3c(CN4CCN(c5ccccc5Cl)CC4)cccc3C2S)C(=O)N1. The zero-order valence-electron chi connectivity index (χ0n) is 17.8. The van der Waals surface area contributed by atoms with E-state index in [0.29, 0.717) is 19.4 Å². The summed E-state index contributed by atoms with van der Waals surface area (Å²) in [5.41, 5.74) is 4.84. The molecule has 5 rings (SSSR count). The summed E-state index contributed by atoms with van der Waals surface area (Å²) in [5, 5.41) is 3.15. The highest BCUT2D eigenvalue weighted by Crippen LogP contribution is 2.41. The first-order chi connectivity index (χ1) is 15.5. The molecule has 6 nitrogen and oxygen atoms in total. The summed E-state index contributed by atoms with van der Waals surface area (Å²) in [6.45, 7) is 5.38. The van der Waals surface area contributed by atoms with Gasteiger partial charge in [0, 0.05) is 45.7 Å². The molecule has 3 heterocycles. The molecule has 0 saturated carbocycles. The summed E-state index contributed by atoms with van der Waals surface area (Å²) in [6.07, 6.45) is 0.932. The number of para-hydroxylation sites is 1. The molecule has 2 atom stereocenters. The van der Waals surface area contributed by atoms with Crippen LogP contribution >= 0.6 is 24.2 Å². The second kappa shape index (κ2) is 9.06. The van der Waals surface area contributed by atoms with Crippen molar-refractivity contribution < 1.29 is 9.59 Å². The van der Waals surface area contributed by atoms with Crippen molar-refractivity contribution in [3.63, 3.8) is 0 Å². The number of imide groups is 1. The van der Waals surface area contributed by atoms with Crippen LogP contribution in [0.3, 0.4) is 0 Å². The average molecular weight is 471 g/mol. The van der Waals surface area contributed by atoms with Gasteiger partial charge in [-0.05, 0) is 35.2 Å². The average Bonchev–Trinajstić information content (AvgIpc) is 3.12. The number of hydrogen-bond acceptors (Lipinski definition) is 6. The summed E-state index contributed by atoms with van der Waals surface area (Å²) in [4.78, 5) is 30.9. The molecule has 2 amide bonds. The number of carbonyl (C=O) groups is 2. The van der Waals surface area contributed by atoms with E-state index in [0.717, 1.165) is 43.4 Å². The lowest BCUT2D eigenvalue weighted by molar-refractivity contribution is -0.137. The van der Waals surface area contributed by atoms with Gasteiger partial charge >= 0.3 is 0 Å². The van der Waals surface area contributed by atoms with Gasteiger partial charge < -0.3 is 4.90 Å². The van der Waals surface area contributed by atoms with Gasteiger partial charge in [0.05, 0.1) is 22.1 Å². The van der Waals surface area contributed by atoms with Crippen LogP contribution in [-0.2, 0) is 22.7 Å². The van der Waals surface area contributed by atoms with Gasteiger partial charge in [-0.15, -0.1) is 0 Å². The molecule has 168 valence electrons. The van der Waals surface area contributed by atoms with Crippen LogP contribution < -0.4 is 10.2 Å². The number of anilines is 1. The lowest BCUT2D eigenvalue weighted by Crippen LogP contribution is -2.51. The van der Waals surface area contributed by atoms with E-state index in [9.17, 15) is 9.59 Å². The van der Waals surface area contributed by atoms with Crippen molar-refractivity contribution in [2.24, 2.45) is 0 Å². The van der Waals surface area contributed by atoms with Gasteiger partial charge in [0.25, 0.3) is 0 Å². The van der Waals surface area contributed by atoms with Crippen molar-refractivity contribution in [1.29, 1.82) is 0 Å². The van der Waals surface area contributed by atoms with Crippen molar-refractivity contribution in [2.45, 2.75) is 37.3 Å². The van der Waals surface area contributed by atoms with E-state index in [1.807, 2.05) is 18.2 Å². The Morgan fingerprint density at radius 3 is 2.56 bits per heavy atom. The van der Waals surface area contributed by atoms with Crippen molar-refractivity contribution in [3.8, 4) is 0 Å². The fourth-order valence-corrected chi connectivity index (χ4v) is 5.80. The number of amides is 2. The van der Waals surface area contributed by atoms with Crippen molar-refractivity contribution in [1.82, 2.24) is 15.1 Å². The number of fused-ring (bicyclic) bond motifs is 1. The Labute approximate surface area is 198 Å². The van der Waals surface area contributed by atoms with Crippen LogP contribution in [0.1, 0.15) is 34.9 Å². The number of rotatable bonds is 4. The Morgan fingerprint density at radius 1 is 1.03 bits per heavy atom. The zero-order valence-corrected chi connectivity index (χ0v) is 19.5. The van der Waals surface area contributed by atoms with E-state index in [1.165, 1.54) is 16.7 Å². The highest BCUT2D eigenvalue weighted by atomic mass is 35.5. The molecule has 2 aromatic carbocycles. The summed E-state index contributed by atoms with van der Waals surface area (Å²) in [7, 11) is 0. The van der Waals surface area contributed by atoms with E-state index in [4.69, 9.17) is 24.2 Å². The highest BCUT2D eigenvalue weighted by Gasteiger charge is 2.39. The van der Waals surface area contributed by atoms with Crippen molar-refractivity contribution in [2.75, 3.05) is 31.1 Å². The number of nitrogens with one attached hydrogen (secondary N) is 1. The molecule has 3 aliphatic heterocycles. The number of piperazine rings is 1. The Kier molecular flexibility index (Phi) is 6.16. The molecule has 2 saturated heterocycles. The van der Waals surface area contributed by atoms with Gasteiger partial charge in [-0.1, -0.05) is 41.9 Å². The number of nitrogens with zero attached hydrogens (tertiary/aromatic N) is 3. The Bertz CT molecular complexity index is 1040. The van der Waals surface area contributed by atoms with E-state index in [-0.39, 0.29) is 23.2 Å². The van der Waals surface area contributed by atoms with Gasteiger partial charge in [-0.25, -0.2) is 0 Å². The second-order valence-electron chi connectivity index (χ2n) is 8.71. The maximum atomic E-state index is 12.4. The second-order valence-corrected chi connectivity index (χ2v) is 9.61. The summed E-state index contributed by atoms with van der Waals surface area (Å²) in [5.74, 6) is -0.388. The first kappa shape index (κ1) is 21.8. The number of carbonyl (C=O) groups excluding carboxylic acids is 2. The predicted molar refractivity (Wildman–Crippen MR) is 129 cm³/mol. The molecule has 0 spiro atoms. The number of halogens is 1. The predicted octanol–water partition coefficient (Wildman–Crippen LogP) is 3.21. The van der Waals surface area contributed by atoms with Gasteiger partial charge in [-0.3, -0.25) is 24.7 Å². The number of piperidine rings is 1. The van der Waals surface area contributed by atoms with Gasteiger partial charge in [0.2, 0.25) is 11.8 Å². The highest BCUT2D eigenvalue weighted by molar-refractivity contribution is 7.80. The molecule has 0 radical (unpaired) electrons. The minimum absolute atomic E-state index is 0.133. The quantitative estimate of drug-likeness (QED) is 0.531. The maximum absolute atomic E-state index is 12.4. The Morgan fingerprint density at radius 2 is 1.81 bits per heavy atom. The van der Waals surface area contributed by atoms with Gasteiger partial charge in [0.15, 0.2) is 0 Å². The Balaban J connectivity index is 1.26. The van der Waals surface area contributed by atoms with Crippen molar-refractivity contribution >= 4 is 41.7 Å². The van der Waals surface area contributed by atoms with Crippen LogP contribution in [0.2, 0.25) is 5.02 Å². The molecule has 0 aliphatic carbocycles. The van der Waals surface area contributed by atoms with E-state index < -0.39 is 0 Å². The van der Waals surface area contributed by atoms with Crippen LogP contribution in [0.5, 0.6) is 0 Å². The zero-order chi connectivity index (χ0) is 22.2. The fraction of sp³-hybridized carbons (Fsp3) is 0.417. The largest absolute Gasteiger partial charge is 0.368 e. The minimum atomic E-state index is -0.311. The van der Waals surface area contributed by atoms with Gasteiger partial charge in [0.1, 0.15) is 0 Å². The molecule has 0 bridgehead atoms. The Hall–Kier alpha value is -2.06. The summed E-state index contributed by atoms with van der Waals surface area (Å²) in [6, 6.07) is 14.1. The fourth-order valence-electron chi connectivity index (χ4n) is 5.06. The molecular formula is C24H27ClN4O2S. The third-order valence-electron chi connectivity index (χ3n) is 6.81. The molecule has 1 N–H and O–H groups in total. The third-order valence-corrected chi connectivity index (χ3v) is 7.71. The number of benzene rings is 2. The smallest absolute Gasteiger partial charge is 0.243 e. The van der Waals surface area contributed by atoms with Crippen molar-refractivity contribution in [3.05, 3.63) is 64.2 Å². The molecule has 2 unspecified atom stereocenters. The molecule has 3 aliphatic rings. The molecule has 2 fully saturated rings. The normalized spacial score (nSPS) is 24.5. The standard InChI is InChI=1S/C24H27ClN4O2S/c25-19-6-1-2-7-20(19)28-12-10-27(11-13-28)14-16-4-3-5-17-18(16)15-29(24(17)32)21-8-9-22(30)26-23(21)31/h1-7,21,24,32H,8-15H2,(H,26,30,31). The lowest BCUT2D eigenvalue weighted by Gasteiger charge is -2.36. The third kappa shape index (κ3) is 4.15. The molecular weight excluding hydrogens is 444 g/mol. The van der Waals surface area contributed by atoms with Gasteiger partial charge in [-0.2, -0.15) is 12.6 Å².